The fourth-order valence-corrected chi connectivity index (χ4v) is 3.00. The first-order chi connectivity index (χ1) is 12.2. The zero-order chi connectivity index (χ0) is 17.2. The molecule has 0 fully saturated rings. The molecule has 5 nitrogen and oxygen atoms in total. The summed E-state index contributed by atoms with van der Waals surface area (Å²) in [6, 6.07) is 15.8. The number of para-hydroxylation sites is 1. The number of imidazole rings is 1. The van der Waals surface area contributed by atoms with E-state index in [1.54, 1.807) is 12.5 Å². The van der Waals surface area contributed by atoms with Crippen LogP contribution in [0.1, 0.15) is 15.9 Å². The van der Waals surface area contributed by atoms with E-state index in [0.29, 0.717) is 12.1 Å². The smallest absolute Gasteiger partial charge is 0.251 e. The van der Waals surface area contributed by atoms with Crippen LogP contribution in [0.3, 0.4) is 0 Å². The number of hydrogen-bond acceptors (Lipinski definition) is 2. The zero-order valence-corrected chi connectivity index (χ0v) is 13.9. The monoisotopic (exact) mass is 330 g/mol. The summed E-state index contributed by atoms with van der Waals surface area (Å²) >= 11 is 0. The normalized spacial score (nSPS) is 10.9. The minimum absolute atomic E-state index is 0.0801. The maximum atomic E-state index is 12.6. The van der Waals surface area contributed by atoms with Crippen LogP contribution in [0.15, 0.2) is 73.4 Å². The maximum absolute atomic E-state index is 12.6. The van der Waals surface area contributed by atoms with E-state index in [-0.39, 0.29) is 5.91 Å². The van der Waals surface area contributed by atoms with Crippen LogP contribution in [0.5, 0.6) is 0 Å². The molecule has 0 saturated carbocycles. The first-order valence-corrected chi connectivity index (χ1v) is 8.12. The van der Waals surface area contributed by atoms with Gasteiger partial charge in [-0.05, 0) is 35.2 Å². The van der Waals surface area contributed by atoms with Crippen LogP contribution < -0.4 is 5.32 Å². The molecule has 4 rings (SSSR count). The maximum Gasteiger partial charge on any atom is 0.251 e. The van der Waals surface area contributed by atoms with Gasteiger partial charge in [0.2, 0.25) is 0 Å². The summed E-state index contributed by atoms with van der Waals surface area (Å²) in [7, 11) is 1.98. The highest BCUT2D eigenvalue weighted by atomic mass is 16.1. The van der Waals surface area contributed by atoms with Gasteiger partial charge in [-0.1, -0.05) is 24.3 Å². The van der Waals surface area contributed by atoms with E-state index in [4.69, 9.17) is 0 Å². The molecule has 2 aromatic carbocycles. The number of aryl methyl sites for hydroxylation is 1. The van der Waals surface area contributed by atoms with Gasteiger partial charge in [-0.3, -0.25) is 4.79 Å². The van der Waals surface area contributed by atoms with Crippen LogP contribution in [-0.4, -0.2) is 20.0 Å². The van der Waals surface area contributed by atoms with Gasteiger partial charge in [0.1, 0.15) is 0 Å². The number of benzene rings is 2. The Morgan fingerprint density at radius 3 is 2.84 bits per heavy atom. The molecule has 0 aliphatic carbocycles. The van der Waals surface area contributed by atoms with E-state index >= 15 is 0 Å². The summed E-state index contributed by atoms with van der Waals surface area (Å²) in [4.78, 5) is 16.6. The molecule has 5 heteroatoms. The van der Waals surface area contributed by atoms with Crippen LogP contribution in [0.25, 0.3) is 16.6 Å². The zero-order valence-electron chi connectivity index (χ0n) is 13.9. The van der Waals surface area contributed by atoms with E-state index in [0.717, 1.165) is 22.2 Å². The molecule has 0 atom stereocenters. The van der Waals surface area contributed by atoms with Crippen molar-refractivity contribution >= 4 is 16.8 Å². The Kier molecular flexibility index (Phi) is 3.82. The van der Waals surface area contributed by atoms with Crippen molar-refractivity contribution in [1.82, 2.24) is 19.4 Å². The minimum Gasteiger partial charge on any atom is -0.351 e. The van der Waals surface area contributed by atoms with Gasteiger partial charge in [-0.15, -0.1) is 0 Å². The van der Waals surface area contributed by atoms with E-state index in [1.807, 2.05) is 77.1 Å². The number of fused-ring (bicyclic) bond motifs is 1. The number of rotatable bonds is 4. The van der Waals surface area contributed by atoms with Gasteiger partial charge in [-0.25, -0.2) is 4.98 Å². The molecular weight excluding hydrogens is 312 g/mol. The topological polar surface area (TPSA) is 51.9 Å². The van der Waals surface area contributed by atoms with Gasteiger partial charge >= 0.3 is 0 Å². The van der Waals surface area contributed by atoms with Crippen molar-refractivity contribution in [3.63, 3.8) is 0 Å². The van der Waals surface area contributed by atoms with Crippen LogP contribution in [-0.2, 0) is 13.6 Å². The molecule has 2 aromatic heterocycles. The van der Waals surface area contributed by atoms with Crippen LogP contribution in [0.2, 0.25) is 0 Å². The fourth-order valence-electron chi connectivity index (χ4n) is 3.00. The van der Waals surface area contributed by atoms with Gasteiger partial charge in [0.25, 0.3) is 5.91 Å². The number of nitrogens with zero attached hydrogens (tertiary/aromatic N) is 3. The highest BCUT2D eigenvalue weighted by Crippen LogP contribution is 2.17. The first-order valence-electron chi connectivity index (χ1n) is 8.12. The van der Waals surface area contributed by atoms with Crippen molar-refractivity contribution < 1.29 is 4.79 Å². The van der Waals surface area contributed by atoms with Crippen molar-refractivity contribution in [3.05, 3.63) is 84.6 Å². The summed E-state index contributed by atoms with van der Waals surface area (Å²) in [5.41, 5.74) is 3.76. The number of aromatic nitrogens is 3. The Hall–Kier alpha value is -3.34. The van der Waals surface area contributed by atoms with Gasteiger partial charge < -0.3 is 14.5 Å². The number of hydrogen-bond donors (Lipinski definition) is 1. The second-order valence-corrected chi connectivity index (χ2v) is 5.98. The lowest BCUT2D eigenvalue weighted by Crippen LogP contribution is -2.23. The third-order valence-corrected chi connectivity index (χ3v) is 4.36. The number of carbonyl (C=O) groups excluding carboxylic acids is 1. The van der Waals surface area contributed by atoms with Crippen LogP contribution in [0.4, 0.5) is 0 Å². The lowest BCUT2D eigenvalue weighted by molar-refractivity contribution is 0.0951. The number of amides is 1. The standard InChI is InChI=1S/C20H18N4O/c1-23-10-8-15-6-7-16(12-19(15)23)20(25)22-13-17-4-2-3-5-18(17)24-11-9-21-14-24/h2-12,14H,13H2,1H3,(H,22,25). The average molecular weight is 330 g/mol. The largest absolute Gasteiger partial charge is 0.351 e. The fraction of sp³-hybridized carbons (Fsp3) is 0.100. The third-order valence-electron chi connectivity index (χ3n) is 4.36. The van der Waals surface area contributed by atoms with E-state index < -0.39 is 0 Å². The molecule has 25 heavy (non-hydrogen) atoms. The lowest BCUT2D eigenvalue weighted by atomic mass is 10.1. The molecule has 0 saturated heterocycles. The summed E-state index contributed by atoms with van der Waals surface area (Å²) in [6.07, 6.45) is 7.38. The summed E-state index contributed by atoms with van der Waals surface area (Å²) in [5, 5.41) is 4.14. The molecule has 0 bridgehead atoms. The highest BCUT2D eigenvalue weighted by molar-refractivity contribution is 5.98. The van der Waals surface area contributed by atoms with E-state index in [2.05, 4.69) is 10.3 Å². The van der Waals surface area contributed by atoms with Gasteiger partial charge in [0.15, 0.2) is 0 Å². The third kappa shape index (κ3) is 2.92. The SMILES string of the molecule is Cn1ccc2ccc(C(=O)NCc3ccccc3-n3ccnc3)cc21. The van der Waals surface area contributed by atoms with Crippen molar-refractivity contribution in [1.29, 1.82) is 0 Å². The number of nitrogens with one attached hydrogen (secondary N) is 1. The van der Waals surface area contributed by atoms with Crippen molar-refractivity contribution in [2.45, 2.75) is 6.54 Å². The molecule has 1 amide bonds. The first kappa shape index (κ1) is 15.2. The second-order valence-electron chi connectivity index (χ2n) is 5.98. The molecule has 2 heterocycles. The average Bonchev–Trinajstić information content (AvgIpc) is 3.30. The summed E-state index contributed by atoms with van der Waals surface area (Å²) < 4.78 is 3.96. The second kappa shape index (κ2) is 6.28. The Morgan fingerprint density at radius 1 is 1.12 bits per heavy atom. The van der Waals surface area contributed by atoms with Crippen LogP contribution >= 0.6 is 0 Å². The van der Waals surface area contributed by atoms with Gasteiger partial charge in [-0.2, -0.15) is 0 Å². The highest BCUT2D eigenvalue weighted by Gasteiger charge is 2.09. The number of carbonyl (C=O) groups is 1. The molecule has 4 aromatic rings. The molecule has 1 N–H and O–H groups in total. The molecule has 124 valence electrons. The summed E-state index contributed by atoms with van der Waals surface area (Å²) in [5.74, 6) is -0.0801. The molecule has 0 aliphatic heterocycles. The van der Waals surface area contributed by atoms with E-state index in [1.165, 1.54) is 0 Å². The Bertz CT molecular complexity index is 1030. The van der Waals surface area contributed by atoms with E-state index in [9.17, 15) is 4.79 Å². The van der Waals surface area contributed by atoms with Crippen molar-refractivity contribution in [2.75, 3.05) is 0 Å². The van der Waals surface area contributed by atoms with Crippen molar-refractivity contribution in [3.8, 4) is 5.69 Å². The lowest BCUT2D eigenvalue weighted by Gasteiger charge is -2.11. The van der Waals surface area contributed by atoms with Crippen LogP contribution in [0, 0.1) is 0 Å². The molecular formula is C20H18N4O. The minimum atomic E-state index is -0.0801. The Balaban J connectivity index is 1.55. The van der Waals surface area contributed by atoms with Crippen molar-refractivity contribution in [2.24, 2.45) is 7.05 Å². The van der Waals surface area contributed by atoms with Gasteiger partial charge in [0.05, 0.1) is 12.0 Å². The Labute approximate surface area is 145 Å². The molecule has 0 aliphatic rings. The predicted octanol–water partition coefficient (Wildman–Crippen LogP) is 3.29. The Morgan fingerprint density at radius 2 is 2.00 bits per heavy atom. The molecule has 0 unspecified atom stereocenters. The quantitative estimate of drug-likeness (QED) is 0.624. The molecule has 0 spiro atoms. The summed E-state index contributed by atoms with van der Waals surface area (Å²) in [6.45, 7) is 0.457. The predicted molar refractivity (Wildman–Crippen MR) is 97.7 cm³/mol. The molecule has 0 radical (unpaired) electrons. The van der Waals surface area contributed by atoms with Gasteiger partial charge in [0, 0.05) is 43.3 Å².